The molecular formula is C12H15Cl2N5O. The molecule has 0 saturated carbocycles. The van der Waals surface area contributed by atoms with Crippen LogP contribution >= 0.6 is 24.8 Å². The summed E-state index contributed by atoms with van der Waals surface area (Å²) in [6.45, 7) is 1.95. The SMILES string of the molecule is Cl.Cl.Nc1cccc(C(=O)N2CCn3ccnc3C2)n1. The van der Waals surface area contributed by atoms with Crippen LogP contribution in [-0.2, 0) is 13.1 Å². The molecule has 0 aliphatic carbocycles. The number of hydrogen-bond acceptors (Lipinski definition) is 4. The number of fused-ring (bicyclic) bond motifs is 1. The zero-order chi connectivity index (χ0) is 12.5. The van der Waals surface area contributed by atoms with Crippen molar-refractivity contribution in [1.29, 1.82) is 0 Å². The van der Waals surface area contributed by atoms with Crippen LogP contribution in [0.4, 0.5) is 5.82 Å². The van der Waals surface area contributed by atoms with E-state index in [9.17, 15) is 4.79 Å². The van der Waals surface area contributed by atoms with Crippen molar-refractivity contribution in [2.45, 2.75) is 13.1 Å². The molecule has 1 aliphatic heterocycles. The van der Waals surface area contributed by atoms with Gasteiger partial charge in [-0.3, -0.25) is 4.79 Å². The molecule has 0 atom stereocenters. The van der Waals surface area contributed by atoms with Crippen molar-refractivity contribution in [3.63, 3.8) is 0 Å². The van der Waals surface area contributed by atoms with Gasteiger partial charge in [0, 0.05) is 25.5 Å². The van der Waals surface area contributed by atoms with Crippen LogP contribution in [0.3, 0.4) is 0 Å². The first-order valence-corrected chi connectivity index (χ1v) is 5.76. The Kier molecular flexibility index (Phi) is 5.35. The van der Waals surface area contributed by atoms with Crippen molar-refractivity contribution < 1.29 is 4.79 Å². The molecule has 0 unspecified atom stereocenters. The van der Waals surface area contributed by atoms with E-state index >= 15 is 0 Å². The Hall–Kier alpha value is -1.79. The maximum absolute atomic E-state index is 12.3. The van der Waals surface area contributed by atoms with Gasteiger partial charge < -0.3 is 15.2 Å². The quantitative estimate of drug-likeness (QED) is 0.862. The molecule has 0 radical (unpaired) electrons. The Bertz CT molecular complexity index is 601. The van der Waals surface area contributed by atoms with Gasteiger partial charge in [-0.15, -0.1) is 24.8 Å². The van der Waals surface area contributed by atoms with Crippen LogP contribution in [0.25, 0.3) is 0 Å². The molecule has 6 nitrogen and oxygen atoms in total. The second-order valence-electron chi connectivity index (χ2n) is 4.21. The molecule has 20 heavy (non-hydrogen) atoms. The molecule has 1 amide bonds. The first-order chi connectivity index (χ1) is 8.74. The van der Waals surface area contributed by atoms with E-state index in [-0.39, 0.29) is 30.7 Å². The summed E-state index contributed by atoms with van der Waals surface area (Å²) in [6.07, 6.45) is 3.68. The van der Waals surface area contributed by atoms with E-state index in [1.165, 1.54) is 0 Å². The number of rotatable bonds is 1. The van der Waals surface area contributed by atoms with Gasteiger partial charge in [0.1, 0.15) is 17.3 Å². The van der Waals surface area contributed by atoms with Gasteiger partial charge >= 0.3 is 0 Å². The number of imidazole rings is 1. The minimum absolute atomic E-state index is 0. The Morgan fingerprint density at radius 2 is 2.05 bits per heavy atom. The number of hydrogen-bond donors (Lipinski definition) is 1. The van der Waals surface area contributed by atoms with Crippen LogP contribution in [0.1, 0.15) is 16.3 Å². The highest BCUT2D eigenvalue weighted by molar-refractivity contribution is 5.92. The number of pyridine rings is 1. The highest BCUT2D eigenvalue weighted by Gasteiger charge is 2.22. The highest BCUT2D eigenvalue weighted by atomic mass is 35.5. The molecule has 2 aromatic rings. The van der Waals surface area contributed by atoms with Gasteiger partial charge in [0.05, 0.1) is 6.54 Å². The van der Waals surface area contributed by atoms with Gasteiger partial charge in [-0.2, -0.15) is 0 Å². The van der Waals surface area contributed by atoms with E-state index in [1.807, 2.05) is 6.20 Å². The lowest BCUT2D eigenvalue weighted by molar-refractivity contribution is 0.0701. The maximum atomic E-state index is 12.3. The number of aromatic nitrogens is 3. The van der Waals surface area contributed by atoms with E-state index in [1.54, 1.807) is 29.3 Å². The fourth-order valence-corrected chi connectivity index (χ4v) is 2.08. The smallest absolute Gasteiger partial charge is 0.273 e. The van der Waals surface area contributed by atoms with Crippen molar-refractivity contribution in [2.24, 2.45) is 0 Å². The molecule has 1 aliphatic rings. The summed E-state index contributed by atoms with van der Waals surface area (Å²) in [4.78, 5) is 22.3. The Balaban J connectivity index is 0.000001000. The number of carbonyl (C=O) groups is 1. The van der Waals surface area contributed by atoms with Gasteiger partial charge in [0.25, 0.3) is 5.91 Å². The molecule has 0 saturated heterocycles. The lowest BCUT2D eigenvalue weighted by Gasteiger charge is -2.27. The van der Waals surface area contributed by atoms with Crippen molar-refractivity contribution in [2.75, 3.05) is 12.3 Å². The summed E-state index contributed by atoms with van der Waals surface area (Å²) in [7, 11) is 0. The number of nitrogen functional groups attached to an aromatic ring is 1. The predicted molar refractivity (Wildman–Crippen MR) is 80.1 cm³/mol. The van der Waals surface area contributed by atoms with Gasteiger partial charge in [-0.05, 0) is 12.1 Å². The lowest BCUT2D eigenvalue weighted by atomic mass is 10.2. The number of carbonyl (C=O) groups excluding carboxylic acids is 1. The van der Waals surface area contributed by atoms with Crippen LogP contribution in [0.2, 0.25) is 0 Å². The third-order valence-corrected chi connectivity index (χ3v) is 3.02. The molecule has 2 aromatic heterocycles. The zero-order valence-electron chi connectivity index (χ0n) is 10.6. The summed E-state index contributed by atoms with van der Waals surface area (Å²) in [5.41, 5.74) is 5.97. The minimum atomic E-state index is -0.100. The number of anilines is 1. The molecule has 8 heteroatoms. The van der Waals surface area contributed by atoms with E-state index in [0.717, 1.165) is 12.4 Å². The molecule has 0 bridgehead atoms. The number of halogens is 2. The van der Waals surface area contributed by atoms with Crippen molar-refractivity contribution in [3.05, 3.63) is 42.1 Å². The minimum Gasteiger partial charge on any atom is -0.384 e. The van der Waals surface area contributed by atoms with Gasteiger partial charge in [0.15, 0.2) is 0 Å². The summed E-state index contributed by atoms with van der Waals surface area (Å²) < 4.78 is 2.05. The van der Waals surface area contributed by atoms with Gasteiger partial charge in [-0.25, -0.2) is 9.97 Å². The van der Waals surface area contributed by atoms with Crippen molar-refractivity contribution >= 4 is 36.5 Å². The normalized spacial score (nSPS) is 12.9. The summed E-state index contributed by atoms with van der Waals surface area (Å²) >= 11 is 0. The van der Waals surface area contributed by atoms with E-state index in [2.05, 4.69) is 14.5 Å². The Labute approximate surface area is 128 Å². The third kappa shape index (κ3) is 3.02. The molecule has 3 rings (SSSR count). The largest absolute Gasteiger partial charge is 0.384 e. The summed E-state index contributed by atoms with van der Waals surface area (Å²) in [5.74, 6) is 1.16. The Morgan fingerprint density at radius 1 is 1.25 bits per heavy atom. The topological polar surface area (TPSA) is 77.0 Å². The monoisotopic (exact) mass is 315 g/mol. The van der Waals surface area contributed by atoms with Crippen LogP contribution in [0.15, 0.2) is 30.6 Å². The predicted octanol–water partition coefficient (Wildman–Crippen LogP) is 1.36. The summed E-state index contributed by atoms with van der Waals surface area (Å²) in [6, 6.07) is 5.08. The van der Waals surface area contributed by atoms with Crippen molar-refractivity contribution in [1.82, 2.24) is 19.4 Å². The second kappa shape index (κ2) is 6.58. The molecule has 0 aromatic carbocycles. The summed E-state index contributed by atoms with van der Waals surface area (Å²) in [5, 5.41) is 0. The second-order valence-corrected chi connectivity index (χ2v) is 4.21. The molecule has 2 N–H and O–H groups in total. The fourth-order valence-electron chi connectivity index (χ4n) is 2.08. The number of amides is 1. The Morgan fingerprint density at radius 3 is 2.80 bits per heavy atom. The molecule has 0 spiro atoms. The van der Waals surface area contributed by atoms with Crippen LogP contribution < -0.4 is 5.73 Å². The number of nitrogens with two attached hydrogens (primary N) is 1. The van der Waals surface area contributed by atoms with E-state index < -0.39 is 0 Å². The first-order valence-electron chi connectivity index (χ1n) is 5.76. The average molecular weight is 316 g/mol. The first kappa shape index (κ1) is 16.3. The molecular weight excluding hydrogens is 301 g/mol. The van der Waals surface area contributed by atoms with E-state index in [0.29, 0.717) is 24.6 Å². The fraction of sp³-hybridized carbons (Fsp3) is 0.250. The van der Waals surface area contributed by atoms with Gasteiger partial charge in [0.2, 0.25) is 0 Å². The molecule has 108 valence electrons. The highest BCUT2D eigenvalue weighted by Crippen LogP contribution is 2.13. The maximum Gasteiger partial charge on any atom is 0.273 e. The van der Waals surface area contributed by atoms with E-state index in [4.69, 9.17) is 5.73 Å². The third-order valence-electron chi connectivity index (χ3n) is 3.02. The molecule has 3 heterocycles. The van der Waals surface area contributed by atoms with Crippen LogP contribution in [-0.4, -0.2) is 31.9 Å². The van der Waals surface area contributed by atoms with Crippen LogP contribution in [0, 0.1) is 0 Å². The van der Waals surface area contributed by atoms with Gasteiger partial charge in [-0.1, -0.05) is 6.07 Å². The standard InChI is InChI=1S/C12H13N5O.2ClH/c13-10-3-1-2-9(15-10)12(18)17-7-6-16-5-4-14-11(16)8-17;;/h1-5H,6-8H2,(H2,13,15);2*1H. The van der Waals surface area contributed by atoms with Crippen LogP contribution in [0.5, 0.6) is 0 Å². The lowest BCUT2D eigenvalue weighted by Crippen LogP contribution is -2.38. The average Bonchev–Trinajstić information content (AvgIpc) is 2.85. The molecule has 0 fully saturated rings. The van der Waals surface area contributed by atoms with Crippen molar-refractivity contribution in [3.8, 4) is 0 Å². The zero-order valence-corrected chi connectivity index (χ0v) is 12.2. The number of nitrogens with zero attached hydrogens (tertiary/aromatic N) is 4.